The molecule has 0 unspecified atom stereocenters. The molecule has 1 N–H and O–H groups in total. The van der Waals surface area contributed by atoms with Crippen molar-refractivity contribution >= 4 is 50.6 Å². The molecule has 7 heteroatoms. The van der Waals surface area contributed by atoms with Crippen molar-refractivity contribution in [3.63, 3.8) is 0 Å². The molecule has 0 atom stereocenters. The number of hydrogen-bond donors (Lipinski definition) is 1. The number of nitrogens with one attached hydrogen (secondary N) is 1. The minimum Gasteiger partial charge on any atom is -0.367 e. The first-order valence-electron chi connectivity index (χ1n) is 7.45. The highest BCUT2D eigenvalue weighted by atomic mass is 79.9. The third kappa shape index (κ3) is 3.93. The summed E-state index contributed by atoms with van der Waals surface area (Å²) in [6, 6.07) is 11.8. The molecular weight excluding hydrogens is 407 g/mol. The monoisotopic (exact) mass is 420 g/mol. The molecule has 0 radical (unpaired) electrons. The number of anilines is 1. The summed E-state index contributed by atoms with van der Waals surface area (Å²) in [6.45, 7) is 1.99. The molecule has 0 bridgehead atoms. The van der Waals surface area contributed by atoms with Crippen LogP contribution in [0.2, 0.25) is 0 Å². The quantitative estimate of drug-likeness (QED) is 0.706. The molecule has 128 valence electrons. The normalized spacial score (nSPS) is 16.0. The molecule has 1 heterocycles. The summed E-state index contributed by atoms with van der Waals surface area (Å²) in [5.41, 5.74) is 2.10. The maximum Gasteiger partial charge on any atom is 0.295 e. The molecule has 1 aliphatic rings. The Balaban J connectivity index is 1.74. The van der Waals surface area contributed by atoms with Crippen molar-refractivity contribution in [3.05, 3.63) is 68.8 Å². The van der Waals surface area contributed by atoms with Crippen LogP contribution in [-0.4, -0.2) is 22.7 Å². The van der Waals surface area contributed by atoms with Gasteiger partial charge in [0.1, 0.15) is 5.82 Å². The summed E-state index contributed by atoms with van der Waals surface area (Å²) >= 11 is 4.20. The van der Waals surface area contributed by atoms with E-state index >= 15 is 0 Å². The molecule has 0 saturated carbocycles. The number of halogens is 2. The van der Waals surface area contributed by atoms with Crippen molar-refractivity contribution in [2.75, 3.05) is 12.0 Å². The van der Waals surface area contributed by atoms with Gasteiger partial charge in [-0.1, -0.05) is 34.1 Å². The maximum absolute atomic E-state index is 13.7. The van der Waals surface area contributed by atoms with Crippen LogP contribution in [0.3, 0.4) is 0 Å². The lowest BCUT2D eigenvalue weighted by molar-refractivity contribution is -0.122. The number of rotatable bonds is 4. The fourth-order valence-electron chi connectivity index (χ4n) is 2.36. The zero-order chi connectivity index (χ0) is 18.0. The summed E-state index contributed by atoms with van der Waals surface area (Å²) in [6.07, 6.45) is 1.41. The largest absolute Gasteiger partial charge is 0.367 e. The Hall–Kier alpha value is -2.12. The third-order valence-corrected chi connectivity index (χ3v) is 5.08. The van der Waals surface area contributed by atoms with Gasteiger partial charge < -0.3 is 5.32 Å². The fourth-order valence-corrected chi connectivity index (χ4v) is 3.66. The zero-order valence-electron chi connectivity index (χ0n) is 13.3. The van der Waals surface area contributed by atoms with Gasteiger partial charge in [0.25, 0.3) is 11.1 Å². The number of hydrogen-bond acceptors (Lipinski definition) is 4. The Morgan fingerprint density at radius 3 is 2.72 bits per heavy atom. The van der Waals surface area contributed by atoms with Gasteiger partial charge >= 0.3 is 0 Å². The van der Waals surface area contributed by atoms with Crippen molar-refractivity contribution in [1.29, 1.82) is 0 Å². The number of thioether (sulfide) groups is 1. The van der Waals surface area contributed by atoms with Crippen LogP contribution in [0.4, 0.5) is 14.9 Å². The van der Waals surface area contributed by atoms with Crippen LogP contribution in [0.15, 0.2) is 51.8 Å². The minimum absolute atomic E-state index is 0.0573. The van der Waals surface area contributed by atoms with Crippen molar-refractivity contribution in [3.8, 4) is 0 Å². The Labute approximate surface area is 157 Å². The molecule has 1 aliphatic heterocycles. The average molecular weight is 421 g/mol. The molecule has 3 rings (SSSR count). The van der Waals surface area contributed by atoms with Gasteiger partial charge in [0, 0.05) is 15.7 Å². The van der Waals surface area contributed by atoms with Gasteiger partial charge in [-0.2, -0.15) is 0 Å². The zero-order valence-corrected chi connectivity index (χ0v) is 15.7. The van der Waals surface area contributed by atoms with E-state index < -0.39 is 11.7 Å². The molecule has 0 aliphatic carbocycles. The topological polar surface area (TPSA) is 49.4 Å². The van der Waals surface area contributed by atoms with Gasteiger partial charge in [0.15, 0.2) is 0 Å². The van der Waals surface area contributed by atoms with Crippen molar-refractivity contribution in [1.82, 2.24) is 4.90 Å². The average Bonchev–Trinajstić information content (AvgIpc) is 2.83. The Bertz CT molecular complexity index is 885. The van der Waals surface area contributed by atoms with Crippen LogP contribution < -0.4 is 5.32 Å². The minimum atomic E-state index is -0.432. The number of benzene rings is 2. The summed E-state index contributed by atoms with van der Waals surface area (Å²) < 4.78 is 14.7. The van der Waals surface area contributed by atoms with Crippen LogP contribution in [0.1, 0.15) is 11.1 Å². The van der Waals surface area contributed by atoms with Crippen molar-refractivity contribution in [2.24, 2.45) is 0 Å². The second kappa shape index (κ2) is 7.41. The van der Waals surface area contributed by atoms with E-state index in [0.29, 0.717) is 0 Å². The number of nitrogens with zero attached hydrogens (tertiary/aromatic N) is 1. The Morgan fingerprint density at radius 2 is 2.00 bits per heavy atom. The number of carbonyl (C=O) groups excluding carboxylic acids is 2. The number of aryl methyl sites for hydroxylation is 1. The molecule has 1 saturated heterocycles. The summed E-state index contributed by atoms with van der Waals surface area (Å²) in [5.74, 6) is -0.863. The number of carbonyl (C=O) groups is 2. The van der Waals surface area contributed by atoms with Gasteiger partial charge in [0.2, 0.25) is 0 Å². The van der Waals surface area contributed by atoms with Crippen LogP contribution >= 0.6 is 27.7 Å². The fraction of sp³-hybridized carbons (Fsp3) is 0.111. The van der Waals surface area contributed by atoms with E-state index in [0.717, 1.165) is 32.4 Å². The summed E-state index contributed by atoms with van der Waals surface area (Å²) in [4.78, 5) is 25.9. The standard InChI is InChI=1S/C18H14BrFN2O2S/c1-11-8-13(19)6-7-15(11)21-10-22-17(23)16(25-18(22)24)9-12-4-2-3-5-14(12)20/h2-9,21H,10H2,1H3/b16-9-. The molecular formula is C18H14BrFN2O2S. The van der Waals surface area contributed by atoms with E-state index in [2.05, 4.69) is 21.2 Å². The molecule has 2 amide bonds. The lowest BCUT2D eigenvalue weighted by Crippen LogP contribution is -2.33. The van der Waals surface area contributed by atoms with E-state index in [-0.39, 0.29) is 22.4 Å². The van der Waals surface area contributed by atoms with Gasteiger partial charge in [-0.25, -0.2) is 4.39 Å². The highest BCUT2D eigenvalue weighted by molar-refractivity contribution is 9.10. The van der Waals surface area contributed by atoms with E-state index in [1.54, 1.807) is 18.2 Å². The summed E-state index contributed by atoms with van der Waals surface area (Å²) in [7, 11) is 0. The van der Waals surface area contributed by atoms with E-state index in [9.17, 15) is 14.0 Å². The molecule has 4 nitrogen and oxygen atoms in total. The third-order valence-electron chi connectivity index (χ3n) is 3.68. The predicted molar refractivity (Wildman–Crippen MR) is 102 cm³/mol. The SMILES string of the molecule is Cc1cc(Br)ccc1NCN1C(=O)S/C(=C\c2ccccc2F)C1=O. The molecule has 25 heavy (non-hydrogen) atoms. The highest BCUT2D eigenvalue weighted by Gasteiger charge is 2.35. The molecule has 0 spiro atoms. The highest BCUT2D eigenvalue weighted by Crippen LogP contribution is 2.32. The van der Waals surface area contributed by atoms with Gasteiger partial charge in [-0.05, 0) is 54.6 Å². The first-order chi connectivity index (χ1) is 12.0. The lowest BCUT2D eigenvalue weighted by Gasteiger charge is -2.16. The van der Waals surface area contributed by atoms with Gasteiger partial charge in [-0.3, -0.25) is 14.5 Å². The molecule has 2 aromatic carbocycles. The molecule has 0 aromatic heterocycles. The van der Waals surface area contributed by atoms with E-state index in [1.807, 2.05) is 25.1 Å². The first-order valence-corrected chi connectivity index (χ1v) is 9.06. The maximum atomic E-state index is 13.7. The number of imide groups is 1. The van der Waals surface area contributed by atoms with Crippen LogP contribution in [0.25, 0.3) is 6.08 Å². The Morgan fingerprint density at radius 1 is 1.24 bits per heavy atom. The van der Waals surface area contributed by atoms with Crippen LogP contribution in [0.5, 0.6) is 0 Å². The van der Waals surface area contributed by atoms with Crippen molar-refractivity contribution < 1.29 is 14.0 Å². The second-order valence-electron chi connectivity index (χ2n) is 5.43. The lowest BCUT2D eigenvalue weighted by atomic mass is 10.2. The van der Waals surface area contributed by atoms with Crippen LogP contribution in [-0.2, 0) is 4.79 Å². The predicted octanol–water partition coefficient (Wildman–Crippen LogP) is 5.00. The first kappa shape index (κ1) is 17.7. The molecule has 1 fully saturated rings. The Kier molecular flexibility index (Phi) is 5.24. The van der Waals surface area contributed by atoms with E-state index in [4.69, 9.17) is 0 Å². The van der Waals surface area contributed by atoms with E-state index in [1.165, 1.54) is 12.1 Å². The summed E-state index contributed by atoms with van der Waals surface area (Å²) in [5, 5.41) is 2.71. The van der Waals surface area contributed by atoms with Gasteiger partial charge in [0.05, 0.1) is 11.6 Å². The second-order valence-corrected chi connectivity index (χ2v) is 7.33. The number of amides is 2. The van der Waals surface area contributed by atoms with Crippen molar-refractivity contribution in [2.45, 2.75) is 6.92 Å². The molecule has 2 aromatic rings. The van der Waals surface area contributed by atoms with Crippen LogP contribution in [0, 0.1) is 12.7 Å². The van der Waals surface area contributed by atoms with Gasteiger partial charge in [-0.15, -0.1) is 0 Å². The smallest absolute Gasteiger partial charge is 0.295 e.